The monoisotopic (exact) mass is 579 g/mol. The Bertz CT molecular complexity index is 1530. The number of hydrogen-bond acceptors (Lipinski definition) is 5. The van der Waals surface area contributed by atoms with Gasteiger partial charge in [-0.25, -0.2) is 9.37 Å². The predicted octanol–water partition coefficient (Wildman–Crippen LogP) is 7.81. The van der Waals surface area contributed by atoms with Crippen LogP contribution in [0, 0.1) is 11.7 Å². The number of amides is 1. The van der Waals surface area contributed by atoms with Crippen molar-refractivity contribution in [2.45, 2.75) is 31.9 Å². The Labute approximate surface area is 242 Å². The molecule has 1 saturated carbocycles. The molecule has 3 N–H and O–H groups in total. The number of nitrogens with one attached hydrogen (secondary N) is 1. The number of rotatable bonds is 9. The second-order valence-corrected chi connectivity index (χ2v) is 10.5. The lowest BCUT2D eigenvalue weighted by atomic mass is 10.0. The Morgan fingerprint density at radius 2 is 1.75 bits per heavy atom. The maximum atomic E-state index is 14.0. The molecule has 6 nitrogen and oxygen atoms in total. The van der Waals surface area contributed by atoms with Gasteiger partial charge in [0.1, 0.15) is 17.7 Å². The number of nitrogen functional groups attached to an aromatic ring is 1. The van der Waals surface area contributed by atoms with Crippen molar-refractivity contribution < 1.29 is 18.7 Å². The van der Waals surface area contributed by atoms with E-state index < -0.39 is 11.9 Å². The van der Waals surface area contributed by atoms with E-state index in [4.69, 9.17) is 38.4 Å². The van der Waals surface area contributed by atoms with E-state index in [2.05, 4.69) is 10.3 Å². The molecule has 1 fully saturated rings. The molecule has 0 saturated heterocycles. The van der Waals surface area contributed by atoms with Gasteiger partial charge >= 0.3 is 0 Å². The van der Waals surface area contributed by atoms with Gasteiger partial charge in [0.15, 0.2) is 11.6 Å². The third-order valence-corrected chi connectivity index (χ3v) is 7.72. The number of anilines is 1. The summed E-state index contributed by atoms with van der Waals surface area (Å²) in [5.74, 6) is 0.941. The van der Waals surface area contributed by atoms with Crippen LogP contribution in [0.5, 0.6) is 11.5 Å². The fourth-order valence-electron chi connectivity index (χ4n) is 4.62. The zero-order valence-electron chi connectivity index (χ0n) is 22.0. The van der Waals surface area contributed by atoms with Crippen LogP contribution in [0.3, 0.4) is 0 Å². The molecule has 1 amide bonds. The lowest BCUT2D eigenvalue weighted by Crippen LogP contribution is -2.29. The van der Waals surface area contributed by atoms with Crippen molar-refractivity contribution in [1.82, 2.24) is 10.3 Å². The molecule has 9 heteroatoms. The first-order valence-corrected chi connectivity index (χ1v) is 13.6. The molecule has 40 heavy (non-hydrogen) atoms. The predicted molar refractivity (Wildman–Crippen MR) is 155 cm³/mol. The number of carbonyl (C=O) groups is 1. The lowest BCUT2D eigenvalue weighted by molar-refractivity contribution is 0.0931. The Hall–Kier alpha value is -3.81. The molecule has 3 aromatic carbocycles. The van der Waals surface area contributed by atoms with Crippen LogP contribution < -0.4 is 20.5 Å². The van der Waals surface area contributed by atoms with Crippen LogP contribution in [0.4, 0.5) is 10.2 Å². The summed E-state index contributed by atoms with van der Waals surface area (Å²) in [5, 5.41) is 3.38. The topological polar surface area (TPSA) is 86.5 Å². The molecule has 1 aromatic heterocycles. The van der Waals surface area contributed by atoms with Crippen molar-refractivity contribution in [1.29, 1.82) is 0 Å². The fourth-order valence-corrected chi connectivity index (χ4v) is 5.30. The summed E-state index contributed by atoms with van der Waals surface area (Å²) in [6.45, 7) is 1.70. The summed E-state index contributed by atoms with van der Waals surface area (Å²) in [5.41, 5.74) is 9.54. The van der Waals surface area contributed by atoms with E-state index in [0.29, 0.717) is 22.8 Å². The number of ether oxygens (including phenoxy) is 2. The van der Waals surface area contributed by atoms with Crippen LogP contribution in [-0.2, 0) is 0 Å². The number of halogens is 3. The number of nitrogens with two attached hydrogens (primary N) is 1. The zero-order valence-corrected chi connectivity index (χ0v) is 23.5. The number of aromatic nitrogens is 1. The maximum Gasteiger partial charge on any atom is 0.251 e. The second kappa shape index (κ2) is 11.7. The van der Waals surface area contributed by atoms with Crippen molar-refractivity contribution >= 4 is 34.9 Å². The van der Waals surface area contributed by atoms with Gasteiger partial charge in [0.25, 0.3) is 5.91 Å². The summed E-state index contributed by atoms with van der Waals surface area (Å²) in [6, 6.07) is 19.4. The smallest absolute Gasteiger partial charge is 0.251 e. The van der Waals surface area contributed by atoms with Gasteiger partial charge in [-0.15, -0.1) is 0 Å². The molecule has 4 aromatic rings. The molecule has 0 radical (unpaired) electrons. The highest BCUT2D eigenvalue weighted by atomic mass is 35.5. The molecule has 0 spiro atoms. The van der Waals surface area contributed by atoms with E-state index in [-0.39, 0.29) is 27.8 Å². The lowest BCUT2D eigenvalue weighted by Gasteiger charge is -2.20. The average Bonchev–Trinajstić information content (AvgIpc) is 3.81. The molecule has 206 valence electrons. The number of pyridine rings is 1. The number of benzene rings is 3. The molecule has 0 aliphatic heterocycles. The average molecular weight is 580 g/mol. The van der Waals surface area contributed by atoms with E-state index in [1.54, 1.807) is 38.4 Å². The van der Waals surface area contributed by atoms with Crippen molar-refractivity contribution in [3.05, 3.63) is 105 Å². The minimum absolute atomic E-state index is 0.0545. The largest absolute Gasteiger partial charge is 0.497 e. The standard InChI is InChI=1S/C31H28Cl2FN3O3/c1-17(27-24(32)13-14-25(34)28(27)33)40-26-15-22(16-36-30(26)35)18-3-7-21(8-4-18)31(38)37-29(19-5-6-19)20-9-11-23(39-2)12-10-20/h3-4,7-17,19,29H,5-6H2,1-2H3,(H2,35,36)(H,37,38). The molecule has 1 aliphatic rings. The highest BCUT2D eigenvalue weighted by molar-refractivity contribution is 6.36. The molecular weight excluding hydrogens is 552 g/mol. The van der Waals surface area contributed by atoms with Crippen molar-refractivity contribution in [2.24, 2.45) is 5.92 Å². The Morgan fingerprint density at radius 3 is 2.40 bits per heavy atom. The van der Waals surface area contributed by atoms with Gasteiger partial charge in [0.2, 0.25) is 0 Å². The summed E-state index contributed by atoms with van der Waals surface area (Å²) < 4.78 is 25.3. The number of hydrogen-bond donors (Lipinski definition) is 2. The minimum Gasteiger partial charge on any atom is -0.497 e. The van der Waals surface area contributed by atoms with Crippen LogP contribution in [-0.4, -0.2) is 18.0 Å². The van der Waals surface area contributed by atoms with Crippen LogP contribution in [0.2, 0.25) is 10.0 Å². The van der Waals surface area contributed by atoms with Crippen LogP contribution in [0.15, 0.2) is 72.9 Å². The highest BCUT2D eigenvalue weighted by Crippen LogP contribution is 2.41. The summed E-state index contributed by atoms with van der Waals surface area (Å²) >= 11 is 12.4. The summed E-state index contributed by atoms with van der Waals surface area (Å²) in [7, 11) is 1.63. The zero-order chi connectivity index (χ0) is 28.4. The normalized spacial score (nSPS) is 14.3. The van der Waals surface area contributed by atoms with Gasteiger partial charge < -0.3 is 20.5 Å². The number of carbonyl (C=O) groups excluding carboxylic acids is 1. The molecule has 1 aliphatic carbocycles. The van der Waals surface area contributed by atoms with E-state index in [1.807, 2.05) is 36.4 Å². The molecule has 1 heterocycles. The van der Waals surface area contributed by atoms with Crippen LogP contribution >= 0.6 is 23.2 Å². The van der Waals surface area contributed by atoms with Gasteiger partial charge in [0, 0.05) is 27.9 Å². The molecule has 2 atom stereocenters. The quantitative estimate of drug-likeness (QED) is 0.197. The highest BCUT2D eigenvalue weighted by Gasteiger charge is 2.33. The third kappa shape index (κ3) is 6.01. The molecular formula is C31H28Cl2FN3O3. The molecule has 0 bridgehead atoms. The van der Waals surface area contributed by atoms with Gasteiger partial charge in [-0.3, -0.25) is 4.79 Å². The minimum atomic E-state index is -0.689. The van der Waals surface area contributed by atoms with Gasteiger partial charge in [-0.2, -0.15) is 0 Å². The van der Waals surface area contributed by atoms with Gasteiger partial charge in [0.05, 0.1) is 18.2 Å². The maximum absolute atomic E-state index is 14.0. The van der Waals surface area contributed by atoms with Crippen LogP contribution in [0.1, 0.15) is 53.4 Å². The SMILES string of the molecule is COc1ccc(C(NC(=O)c2ccc(-c3cnc(N)c(OC(C)c4c(Cl)ccc(F)c4Cl)c3)cc2)C2CC2)cc1. The second-order valence-electron chi connectivity index (χ2n) is 9.76. The van der Waals surface area contributed by atoms with E-state index in [0.717, 1.165) is 35.3 Å². The number of methoxy groups -OCH3 is 1. The number of nitrogens with zero attached hydrogens (tertiary/aromatic N) is 1. The molecule has 2 unspecified atom stereocenters. The van der Waals surface area contributed by atoms with Crippen molar-refractivity contribution in [3.63, 3.8) is 0 Å². The summed E-state index contributed by atoms with van der Waals surface area (Å²) in [6.07, 6.45) is 3.10. The van der Waals surface area contributed by atoms with Crippen LogP contribution in [0.25, 0.3) is 11.1 Å². The fraction of sp³-hybridized carbons (Fsp3) is 0.226. The third-order valence-electron chi connectivity index (χ3n) is 7.01. The Morgan fingerprint density at radius 1 is 1.05 bits per heavy atom. The van der Waals surface area contributed by atoms with Gasteiger partial charge in [-0.05, 0) is 79.3 Å². The summed E-state index contributed by atoms with van der Waals surface area (Å²) in [4.78, 5) is 17.4. The van der Waals surface area contributed by atoms with E-state index >= 15 is 0 Å². The molecule has 5 rings (SSSR count). The van der Waals surface area contributed by atoms with Crippen molar-refractivity contribution in [2.75, 3.05) is 12.8 Å². The Balaban J connectivity index is 1.31. The first-order chi connectivity index (χ1) is 19.2. The first kappa shape index (κ1) is 27.7. The van der Waals surface area contributed by atoms with E-state index in [1.165, 1.54) is 12.1 Å². The van der Waals surface area contributed by atoms with Crippen molar-refractivity contribution in [3.8, 4) is 22.6 Å². The van der Waals surface area contributed by atoms with E-state index in [9.17, 15) is 9.18 Å². The van der Waals surface area contributed by atoms with Gasteiger partial charge in [-0.1, -0.05) is 47.5 Å². The first-order valence-electron chi connectivity index (χ1n) is 12.9. The Kier molecular flexibility index (Phi) is 8.14.